The SMILES string of the molecule is CC(C)C(=O)N1CCCC1(C)C(C)N(C=O)[C@H](C(=O)NCc1ncccn1)[C@@H](C)O. The van der Waals surface area contributed by atoms with Crippen molar-refractivity contribution in [3.63, 3.8) is 0 Å². The summed E-state index contributed by atoms with van der Waals surface area (Å²) >= 11 is 0. The van der Waals surface area contributed by atoms with Crippen molar-refractivity contribution < 1.29 is 19.5 Å². The van der Waals surface area contributed by atoms with E-state index in [-0.39, 0.29) is 18.4 Å². The minimum Gasteiger partial charge on any atom is -0.391 e. The molecule has 9 nitrogen and oxygen atoms in total. The van der Waals surface area contributed by atoms with Crippen LogP contribution in [0.4, 0.5) is 0 Å². The number of likely N-dealkylation sites (tertiary alicyclic amines) is 1. The van der Waals surface area contributed by atoms with Crippen molar-refractivity contribution in [2.24, 2.45) is 5.92 Å². The van der Waals surface area contributed by atoms with E-state index in [9.17, 15) is 19.5 Å². The lowest BCUT2D eigenvalue weighted by atomic mass is 9.87. The Morgan fingerprint density at radius 2 is 1.93 bits per heavy atom. The molecule has 4 atom stereocenters. The average molecular weight is 420 g/mol. The standard InChI is InChI=1S/C21H33N5O4/c1-14(2)20(30)26-11-6-8-21(26,5)16(4)25(13-27)18(15(3)28)19(29)24-12-17-22-9-7-10-23-17/h7,9-10,13-16,18,28H,6,8,11-12H2,1-5H3,(H,24,29)/t15-,16?,18+,21?/m1/s1. The zero-order chi connectivity index (χ0) is 22.5. The monoisotopic (exact) mass is 419 g/mol. The molecular weight excluding hydrogens is 386 g/mol. The number of aliphatic hydroxyl groups excluding tert-OH is 1. The van der Waals surface area contributed by atoms with Crippen molar-refractivity contribution in [2.75, 3.05) is 6.54 Å². The van der Waals surface area contributed by atoms with Gasteiger partial charge in [0.15, 0.2) is 0 Å². The summed E-state index contributed by atoms with van der Waals surface area (Å²) in [4.78, 5) is 49.0. The van der Waals surface area contributed by atoms with Crippen LogP contribution < -0.4 is 5.32 Å². The molecule has 2 N–H and O–H groups in total. The third kappa shape index (κ3) is 4.95. The van der Waals surface area contributed by atoms with E-state index in [0.717, 1.165) is 6.42 Å². The number of hydrogen-bond donors (Lipinski definition) is 2. The van der Waals surface area contributed by atoms with Gasteiger partial charge in [-0.3, -0.25) is 14.4 Å². The van der Waals surface area contributed by atoms with Crippen molar-refractivity contribution in [2.45, 2.75) is 77.7 Å². The molecule has 2 heterocycles. The number of aromatic nitrogens is 2. The van der Waals surface area contributed by atoms with Gasteiger partial charge in [0.1, 0.15) is 11.9 Å². The fourth-order valence-corrected chi connectivity index (χ4v) is 4.11. The van der Waals surface area contributed by atoms with Gasteiger partial charge in [-0.2, -0.15) is 0 Å². The minimum absolute atomic E-state index is 0.0203. The quantitative estimate of drug-likeness (QED) is 0.570. The van der Waals surface area contributed by atoms with Crippen LogP contribution in [0.3, 0.4) is 0 Å². The molecule has 30 heavy (non-hydrogen) atoms. The summed E-state index contributed by atoms with van der Waals surface area (Å²) in [6.45, 7) is 9.63. The van der Waals surface area contributed by atoms with E-state index in [1.807, 2.05) is 32.6 Å². The number of amides is 3. The lowest BCUT2D eigenvalue weighted by molar-refractivity contribution is -0.148. The molecule has 9 heteroatoms. The molecule has 1 saturated heterocycles. The van der Waals surface area contributed by atoms with Crippen molar-refractivity contribution in [1.29, 1.82) is 0 Å². The second-order valence-corrected chi connectivity index (χ2v) is 8.40. The molecule has 1 aromatic heterocycles. The van der Waals surface area contributed by atoms with Crippen LogP contribution in [0.2, 0.25) is 0 Å². The lowest BCUT2D eigenvalue weighted by Crippen LogP contribution is -2.64. The van der Waals surface area contributed by atoms with Crippen LogP contribution in [-0.2, 0) is 20.9 Å². The number of nitrogens with one attached hydrogen (secondary N) is 1. The fourth-order valence-electron chi connectivity index (χ4n) is 4.11. The zero-order valence-corrected chi connectivity index (χ0v) is 18.4. The van der Waals surface area contributed by atoms with Crippen molar-refractivity contribution in [3.8, 4) is 0 Å². The van der Waals surface area contributed by atoms with Gasteiger partial charge in [0.25, 0.3) is 0 Å². The van der Waals surface area contributed by atoms with Crippen LogP contribution in [0.15, 0.2) is 18.5 Å². The maximum absolute atomic E-state index is 12.9. The molecule has 2 rings (SSSR count). The molecule has 0 bridgehead atoms. The van der Waals surface area contributed by atoms with E-state index in [4.69, 9.17) is 0 Å². The van der Waals surface area contributed by atoms with Gasteiger partial charge in [-0.25, -0.2) is 9.97 Å². The highest BCUT2D eigenvalue weighted by molar-refractivity contribution is 5.84. The van der Waals surface area contributed by atoms with Gasteiger partial charge in [-0.15, -0.1) is 0 Å². The summed E-state index contributed by atoms with van der Waals surface area (Å²) < 4.78 is 0. The number of hydrogen-bond acceptors (Lipinski definition) is 6. The molecule has 1 aliphatic heterocycles. The van der Waals surface area contributed by atoms with Crippen LogP contribution in [0, 0.1) is 5.92 Å². The Hall–Kier alpha value is -2.55. The van der Waals surface area contributed by atoms with Crippen molar-refractivity contribution >= 4 is 18.2 Å². The molecule has 0 spiro atoms. The van der Waals surface area contributed by atoms with E-state index >= 15 is 0 Å². The smallest absolute Gasteiger partial charge is 0.245 e. The highest BCUT2D eigenvalue weighted by Gasteiger charge is 2.48. The minimum atomic E-state index is -1.10. The predicted octanol–water partition coefficient (Wildman–Crippen LogP) is 0.726. The number of nitrogens with zero attached hydrogens (tertiary/aromatic N) is 4. The molecule has 166 valence electrons. The molecule has 1 fully saturated rings. The number of rotatable bonds is 9. The van der Waals surface area contributed by atoms with E-state index < -0.39 is 29.6 Å². The van der Waals surface area contributed by atoms with E-state index in [0.29, 0.717) is 25.2 Å². The molecular formula is C21H33N5O4. The first-order valence-corrected chi connectivity index (χ1v) is 10.4. The van der Waals surface area contributed by atoms with Crippen LogP contribution in [-0.4, -0.2) is 73.4 Å². The van der Waals surface area contributed by atoms with Gasteiger partial charge in [-0.1, -0.05) is 13.8 Å². The largest absolute Gasteiger partial charge is 0.391 e. The Morgan fingerprint density at radius 1 is 1.30 bits per heavy atom. The normalized spacial score (nSPS) is 21.8. The summed E-state index contributed by atoms with van der Waals surface area (Å²) in [7, 11) is 0. The maximum Gasteiger partial charge on any atom is 0.245 e. The second-order valence-electron chi connectivity index (χ2n) is 8.40. The van der Waals surface area contributed by atoms with Crippen molar-refractivity contribution in [1.82, 2.24) is 25.1 Å². The number of carbonyl (C=O) groups excluding carboxylic acids is 3. The molecule has 0 saturated carbocycles. The number of carbonyl (C=O) groups is 3. The van der Waals surface area contributed by atoms with Crippen LogP contribution >= 0.6 is 0 Å². The maximum atomic E-state index is 12.9. The topological polar surface area (TPSA) is 116 Å². The highest BCUT2D eigenvalue weighted by atomic mass is 16.3. The van der Waals surface area contributed by atoms with E-state index in [2.05, 4.69) is 15.3 Å². The Kier molecular flexibility index (Phi) is 7.89. The van der Waals surface area contributed by atoms with Gasteiger partial charge >= 0.3 is 0 Å². The fraction of sp³-hybridized carbons (Fsp3) is 0.667. The van der Waals surface area contributed by atoms with Gasteiger partial charge < -0.3 is 20.2 Å². The van der Waals surface area contributed by atoms with Crippen LogP contribution in [0.5, 0.6) is 0 Å². The molecule has 0 radical (unpaired) electrons. The summed E-state index contributed by atoms with van der Waals surface area (Å²) in [5, 5.41) is 13.0. The molecule has 3 amide bonds. The molecule has 1 aromatic rings. The lowest BCUT2D eigenvalue weighted by Gasteiger charge is -2.47. The Bertz CT molecular complexity index is 742. The third-order valence-corrected chi connectivity index (χ3v) is 6.00. The molecule has 1 aliphatic rings. The first kappa shape index (κ1) is 23.7. The highest BCUT2D eigenvalue weighted by Crippen LogP contribution is 2.36. The summed E-state index contributed by atoms with van der Waals surface area (Å²) in [5.74, 6) is -0.217. The van der Waals surface area contributed by atoms with E-state index in [1.165, 1.54) is 11.8 Å². The molecule has 0 aromatic carbocycles. The first-order valence-electron chi connectivity index (χ1n) is 10.4. The van der Waals surface area contributed by atoms with E-state index in [1.54, 1.807) is 18.5 Å². The Balaban J connectivity index is 2.23. The summed E-state index contributed by atoms with van der Waals surface area (Å²) in [5.41, 5.74) is -0.627. The molecule has 2 unspecified atom stereocenters. The summed E-state index contributed by atoms with van der Waals surface area (Å²) in [6.07, 6.45) is 4.16. The summed E-state index contributed by atoms with van der Waals surface area (Å²) in [6, 6.07) is 0.0971. The number of aliphatic hydroxyl groups is 1. The third-order valence-electron chi connectivity index (χ3n) is 6.00. The zero-order valence-electron chi connectivity index (χ0n) is 18.4. The van der Waals surface area contributed by atoms with Crippen LogP contribution in [0.1, 0.15) is 53.3 Å². The van der Waals surface area contributed by atoms with Gasteiger partial charge in [-0.05, 0) is 39.7 Å². The molecule has 0 aliphatic carbocycles. The van der Waals surface area contributed by atoms with Crippen LogP contribution in [0.25, 0.3) is 0 Å². The first-order chi connectivity index (χ1) is 14.1. The second kappa shape index (κ2) is 9.97. The Morgan fingerprint density at radius 3 is 2.47 bits per heavy atom. The van der Waals surface area contributed by atoms with Gasteiger partial charge in [0, 0.05) is 24.9 Å². The average Bonchev–Trinajstić information content (AvgIpc) is 3.12. The predicted molar refractivity (Wildman–Crippen MR) is 111 cm³/mol. The van der Waals surface area contributed by atoms with Gasteiger partial charge in [0.05, 0.1) is 24.2 Å². The van der Waals surface area contributed by atoms with Gasteiger partial charge in [0.2, 0.25) is 18.2 Å². The Labute approximate surface area is 177 Å². The van der Waals surface area contributed by atoms with Crippen molar-refractivity contribution in [3.05, 3.63) is 24.3 Å².